The van der Waals surface area contributed by atoms with E-state index < -0.39 is 28.3 Å². The molecule has 0 saturated carbocycles. The van der Waals surface area contributed by atoms with Crippen LogP contribution in [-0.4, -0.2) is 31.4 Å². The highest BCUT2D eigenvalue weighted by Crippen LogP contribution is 2.21. The van der Waals surface area contributed by atoms with Crippen molar-refractivity contribution in [2.24, 2.45) is 5.10 Å². The number of para-hydroxylation sites is 1. The summed E-state index contributed by atoms with van der Waals surface area (Å²) in [4.78, 5) is 12.7. The van der Waals surface area contributed by atoms with E-state index in [0.717, 1.165) is 4.31 Å². The predicted octanol–water partition coefficient (Wildman–Crippen LogP) is 4.96. The molecule has 7 nitrogen and oxygen atoms in total. The van der Waals surface area contributed by atoms with Crippen LogP contribution in [0.5, 0.6) is 11.5 Å². The van der Waals surface area contributed by atoms with Crippen molar-refractivity contribution in [1.82, 2.24) is 9.73 Å². The second kappa shape index (κ2) is 12.1. The Balaban J connectivity index is 1.44. The lowest BCUT2D eigenvalue weighted by atomic mass is 10.2. The van der Waals surface area contributed by atoms with E-state index in [2.05, 4.69) is 10.5 Å². The van der Waals surface area contributed by atoms with Crippen LogP contribution in [0.3, 0.4) is 0 Å². The number of carbonyl (C=O) groups is 1. The average molecular weight is 518 g/mol. The first-order valence-electron chi connectivity index (χ1n) is 11.3. The van der Waals surface area contributed by atoms with E-state index in [0.29, 0.717) is 22.6 Å². The molecule has 4 aromatic rings. The van der Waals surface area contributed by atoms with Crippen molar-refractivity contribution >= 4 is 22.1 Å². The van der Waals surface area contributed by atoms with Crippen molar-refractivity contribution in [2.45, 2.75) is 11.4 Å². The zero-order valence-corrected chi connectivity index (χ0v) is 20.5. The maximum atomic E-state index is 13.3. The van der Waals surface area contributed by atoms with Gasteiger partial charge < -0.3 is 4.74 Å². The second-order valence-corrected chi connectivity index (χ2v) is 9.93. The topological polar surface area (TPSA) is 88.1 Å². The number of amides is 1. The molecular weight excluding hydrogens is 493 g/mol. The number of hydrogen-bond acceptors (Lipinski definition) is 5. The molecule has 0 aromatic heterocycles. The van der Waals surface area contributed by atoms with Crippen LogP contribution < -0.4 is 10.2 Å². The van der Waals surface area contributed by atoms with E-state index >= 15 is 0 Å². The third-order valence-corrected chi connectivity index (χ3v) is 7.02. The number of rotatable bonds is 10. The zero-order valence-electron chi connectivity index (χ0n) is 19.7. The van der Waals surface area contributed by atoms with E-state index in [-0.39, 0.29) is 11.4 Å². The molecule has 1 amide bonds. The van der Waals surface area contributed by atoms with Crippen LogP contribution >= 0.6 is 0 Å². The van der Waals surface area contributed by atoms with Crippen molar-refractivity contribution in [1.29, 1.82) is 0 Å². The van der Waals surface area contributed by atoms with E-state index in [1.165, 1.54) is 42.6 Å². The number of sulfonamides is 1. The molecule has 0 saturated heterocycles. The highest BCUT2D eigenvalue weighted by atomic mass is 32.2. The molecule has 0 fully saturated rings. The number of hydrazone groups is 1. The number of ether oxygens (including phenoxy) is 1. The van der Waals surface area contributed by atoms with Gasteiger partial charge in [0, 0.05) is 6.54 Å². The molecule has 0 unspecified atom stereocenters. The monoisotopic (exact) mass is 517 g/mol. The standard InChI is InChI=1S/C28H24FN3O4S/c29-24-16-14-22(15-17-24)20-32(37(34,35)27-12-5-2-6-13-27)21-28(33)31-30-19-23-8-7-11-26(18-23)36-25-9-3-1-4-10-25/h1-19H,20-21H2,(H,31,33)/b30-19-. The van der Waals surface area contributed by atoms with Gasteiger partial charge in [-0.1, -0.05) is 60.7 Å². The summed E-state index contributed by atoms with van der Waals surface area (Å²) in [6, 6.07) is 29.7. The van der Waals surface area contributed by atoms with Gasteiger partial charge in [-0.3, -0.25) is 4.79 Å². The first-order chi connectivity index (χ1) is 17.9. The zero-order chi connectivity index (χ0) is 26.1. The summed E-state index contributed by atoms with van der Waals surface area (Å²) in [5, 5.41) is 3.97. The van der Waals surface area contributed by atoms with Crippen LogP contribution in [0.2, 0.25) is 0 Å². The van der Waals surface area contributed by atoms with Gasteiger partial charge in [-0.25, -0.2) is 18.2 Å². The lowest BCUT2D eigenvalue weighted by Crippen LogP contribution is -2.39. The van der Waals surface area contributed by atoms with Gasteiger partial charge in [0.2, 0.25) is 10.0 Å². The molecule has 1 N–H and O–H groups in total. The molecule has 0 aliphatic heterocycles. The van der Waals surface area contributed by atoms with Gasteiger partial charge in [0.05, 0.1) is 17.7 Å². The average Bonchev–Trinajstić information content (AvgIpc) is 2.91. The third-order valence-electron chi connectivity index (χ3n) is 5.21. The largest absolute Gasteiger partial charge is 0.457 e. The van der Waals surface area contributed by atoms with E-state index in [1.54, 1.807) is 42.5 Å². The molecule has 4 rings (SSSR count). The highest BCUT2D eigenvalue weighted by molar-refractivity contribution is 7.89. The minimum atomic E-state index is -4.01. The maximum absolute atomic E-state index is 13.3. The Morgan fingerprint density at radius 3 is 2.22 bits per heavy atom. The molecule has 0 atom stereocenters. The van der Waals surface area contributed by atoms with Gasteiger partial charge in [-0.2, -0.15) is 9.41 Å². The molecule has 9 heteroatoms. The first kappa shape index (κ1) is 25.7. The van der Waals surface area contributed by atoms with Crippen LogP contribution in [0.1, 0.15) is 11.1 Å². The molecule has 0 heterocycles. The lowest BCUT2D eigenvalue weighted by molar-refractivity contribution is -0.121. The Bertz CT molecular complexity index is 1460. The molecule has 0 spiro atoms. The second-order valence-electron chi connectivity index (χ2n) is 7.99. The highest BCUT2D eigenvalue weighted by Gasteiger charge is 2.26. The molecule has 0 aliphatic carbocycles. The quantitative estimate of drug-likeness (QED) is 0.238. The smallest absolute Gasteiger partial charge is 0.255 e. The summed E-state index contributed by atoms with van der Waals surface area (Å²) in [5.74, 6) is 0.216. The summed E-state index contributed by atoms with van der Waals surface area (Å²) >= 11 is 0. The van der Waals surface area contributed by atoms with Crippen LogP contribution in [0.4, 0.5) is 4.39 Å². The fourth-order valence-corrected chi connectivity index (χ4v) is 4.82. The molecule has 0 radical (unpaired) electrons. The lowest BCUT2D eigenvalue weighted by Gasteiger charge is -2.21. The van der Waals surface area contributed by atoms with Crippen LogP contribution in [0.25, 0.3) is 0 Å². The maximum Gasteiger partial charge on any atom is 0.255 e. The summed E-state index contributed by atoms with van der Waals surface area (Å²) in [6.45, 7) is -0.601. The molecule has 37 heavy (non-hydrogen) atoms. The van der Waals surface area contributed by atoms with Gasteiger partial charge in [0.15, 0.2) is 0 Å². The van der Waals surface area contributed by atoms with E-state index in [1.807, 2.05) is 30.3 Å². The molecular formula is C28H24FN3O4S. The van der Waals surface area contributed by atoms with Crippen molar-refractivity contribution < 1.29 is 22.3 Å². The van der Waals surface area contributed by atoms with Gasteiger partial charge >= 0.3 is 0 Å². The van der Waals surface area contributed by atoms with Gasteiger partial charge in [-0.15, -0.1) is 0 Å². The Kier molecular flexibility index (Phi) is 8.40. The minimum Gasteiger partial charge on any atom is -0.457 e. The van der Waals surface area contributed by atoms with Crippen molar-refractivity contribution in [2.75, 3.05) is 6.54 Å². The number of carbonyl (C=O) groups excluding carboxylic acids is 1. The summed E-state index contributed by atoms with van der Waals surface area (Å²) < 4.78 is 46.6. The summed E-state index contributed by atoms with van der Waals surface area (Å²) in [6.07, 6.45) is 1.44. The number of hydrogen-bond donors (Lipinski definition) is 1. The molecule has 188 valence electrons. The fourth-order valence-electron chi connectivity index (χ4n) is 3.42. The third kappa shape index (κ3) is 7.33. The fraction of sp³-hybridized carbons (Fsp3) is 0.0714. The van der Waals surface area contributed by atoms with Gasteiger partial charge in [-0.05, 0) is 59.7 Å². The van der Waals surface area contributed by atoms with Crippen LogP contribution in [0, 0.1) is 5.82 Å². The van der Waals surface area contributed by atoms with Crippen molar-refractivity contribution in [3.63, 3.8) is 0 Å². The van der Waals surface area contributed by atoms with Gasteiger partial charge in [0.1, 0.15) is 17.3 Å². The number of nitrogens with one attached hydrogen (secondary N) is 1. The normalized spacial score (nSPS) is 11.5. The minimum absolute atomic E-state index is 0.0450. The number of halogens is 1. The number of nitrogens with zero attached hydrogens (tertiary/aromatic N) is 2. The number of benzene rings is 4. The SMILES string of the molecule is O=C(CN(Cc1ccc(F)cc1)S(=O)(=O)c1ccccc1)N/N=C\c1cccc(Oc2ccccc2)c1. The van der Waals surface area contributed by atoms with E-state index in [9.17, 15) is 17.6 Å². The van der Waals surface area contributed by atoms with Crippen LogP contribution in [0.15, 0.2) is 119 Å². The Morgan fingerprint density at radius 2 is 1.51 bits per heavy atom. The molecule has 0 bridgehead atoms. The first-order valence-corrected chi connectivity index (χ1v) is 12.8. The Labute approximate surface area is 214 Å². The van der Waals surface area contributed by atoms with Crippen molar-refractivity contribution in [3.05, 3.63) is 126 Å². The summed E-state index contributed by atoms with van der Waals surface area (Å²) in [7, 11) is -4.01. The van der Waals surface area contributed by atoms with Crippen molar-refractivity contribution in [3.8, 4) is 11.5 Å². The Morgan fingerprint density at radius 1 is 0.865 bits per heavy atom. The predicted molar refractivity (Wildman–Crippen MR) is 139 cm³/mol. The molecule has 4 aromatic carbocycles. The Hall–Kier alpha value is -4.34. The summed E-state index contributed by atoms with van der Waals surface area (Å²) in [5.41, 5.74) is 3.58. The van der Waals surface area contributed by atoms with E-state index in [4.69, 9.17) is 4.74 Å². The van der Waals surface area contributed by atoms with Gasteiger partial charge in [0.25, 0.3) is 5.91 Å². The van der Waals surface area contributed by atoms with Crippen LogP contribution in [-0.2, 0) is 21.4 Å². The molecule has 0 aliphatic rings.